The maximum atomic E-state index is 12.7. The minimum atomic E-state index is -0.256. The molecule has 3 aromatic rings. The Morgan fingerprint density at radius 1 is 1.22 bits per heavy atom. The number of aromatic nitrogens is 2. The van der Waals surface area contributed by atoms with Gasteiger partial charge in [0.2, 0.25) is 5.91 Å². The number of benzene rings is 2. The van der Waals surface area contributed by atoms with Gasteiger partial charge < -0.3 is 10.1 Å². The van der Waals surface area contributed by atoms with E-state index in [0.29, 0.717) is 22.5 Å². The molecule has 0 saturated heterocycles. The average Bonchev–Trinajstić information content (AvgIpc) is 2.65. The first-order valence-electron chi connectivity index (χ1n) is 8.80. The van der Waals surface area contributed by atoms with Crippen molar-refractivity contribution >= 4 is 16.8 Å². The van der Waals surface area contributed by atoms with Crippen molar-refractivity contribution in [3.8, 4) is 5.75 Å². The number of rotatable bonds is 5. The molecular formula is C21H23N3O3. The summed E-state index contributed by atoms with van der Waals surface area (Å²) in [7, 11) is 1.60. The van der Waals surface area contributed by atoms with E-state index < -0.39 is 0 Å². The first kappa shape index (κ1) is 18.6. The summed E-state index contributed by atoms with van der Waals surface area (Å²) in [6.07, 6.45) is 0. The highest BCUT2D eigenvalue weighted by Crippen LogP contribution is 2.26. The molecule has 6 heteroatoms. The van der Waals surface area contributed by atoms with Crippen molar-refractivity contribution in [2.45, 2.75) is 33.4 Å². The summed E-state index contributed by atoms with van der Waals surface area (Å²) in [5, 5.41) is 3.45. The van der Waals surface area contributed by atoms with Crippen molar-refractivity contribution in [2.75, 3.05) is 7.11 Å². The number of nitrogens with zero attached hydrogens (tertiary/aromatic N) is 2. The van der Waals surface area contributed by atoms with Gasteiger partial charge in [0.25, 0.3) is 5.56 Å². The van der Waals surface area contributed by atoms with Crippen molar-refractivity contribution in [2.24, 2.45) is 0 Å². The minimum absolute atomic E-state index is 0.0824. The fraction of sp³-hybridized carbons (Fsp3) is 0.286. The zero-order valence-corrected chi connectivity index (χ0v) is 15.9. The van der Waals surface area contributed by atoms with Crippen molar-refractivity contribution in [1.29, 1.82) is 0 Å². The highest BCUT2D eigenvalue weighted by atomic mass is 16.5. The fourth-order valence-electron chi connectivity index (χ4n) is 3.17. The van der Waals surface area contributed by atoms with Crippen LogP contribution in [0.15, 0.2) is 47.3 Å². The zero-order chi connectivity index (χ0) is 19.6. The van der Waals surface area contributed by atoms with Gasteiger partial charge in [0.15, 0.2) is 0 Å². The summed E-state index contributed by atoms with van der Waals surface area (Å²) in [5.41, 5.74) is 2.40. The number of ether oxygens (including phenoxy) is 1. The number of nitrogens with one attached hydrogen (secondary N) is 1. The third-order valence-corrected chi connectivity index (χ3v) is 4.58. The molecule has 0 saturated carbocycles. The normalized spacial score (nSPS) is 12.0. The summed E-state index contributed by atoms with van der Waals surface area (Å²) in [5.74, 6) is 0.970. The molecule has 0 bridgehead atoms. The SMILES string of the molecule is COc1ccc(C)cc1C(C)NC(=O)Cn1c(C)nc2ccccc2c1=O. The van der Waals surface area contributed by atoms with Crippen LogP contribution in [0.2, 0.25) is 0 Å². The third-order valence-electron chi connectivity index (χ3n) is 4.58. The van der Waals surface area contributed by atoms with E-state index >= 15 is 0 Å². The molecule has 1 heterocycles. The number of fused-ring (bicyclic) bond motifs is 1. The Morgan fingerprint density at radius 3 is 2.70 bits per heavy atom. The molecule has 140 valence electrons. The number of amides is 1. The molecule has 2 aromatic carbocycles. The average molecular weight is 365 g/mol. The lowest BCUT2D eigenvalue weighted by Crippen LogP contribution is -2.35. The van der Waals surface area contributed by atoms with Gasteiger partial charge >= 0.3 is 0 Å². The van der Waals surface area contributed by atoms with Crippen LogP contribution in [0.25, 0.3) is 10.9 Å². The molecule has 1 N–H and O–H groups in total. The number of hydrogen-bond acceptors (Lipinski definition) is 4. The molecule has 1 aromatic heterocycles. The van der Waals surface area contributed by atoms with E-state index in [1.807, 2.05) is 38.1 Å². The van der Waals surface area contributed by atoms with Crippen molar-refractivity contribution in [3.05, 3.63) is 69.8 Å². The van der Waals surface area contributed by atoms with Crippen LogP contribution in [-0.2, 0) is 11.3 Å². The van der Waals surface area contributed by atoms with Crippen LogP contribution >= 0.6 is 0 Å². The van der Waals surface area contributed by atoms with Crippen LogP contribution in [0.5, 0.6) is 5.75 Å². The van der Waals surface area contributed by atoms with Crippen LogP contribution in [0.4, 0.5) is 0 Å². The fourth-order valence-corrected chi connectivity index (χ4v) is 3.17. The van der Waals surface area contributed by atoms with Crippen LogP contribution < -0.4 is 15.6 Å². The Hall–Kier alpha value is -3.15. The van der Waals surface area contributed by atoms with E-state index in [2.05, 4.69) is 10.3 Å². The first-order valence-corrected chi connectivity index (χ1v) is 8.80. The second-order valence-electron chi connectivity index (χ2n) is 6.60. The van der Waals surface area contributed by atoms with Gasteiger partial charge in [-0.2, -0.15) is 0 Å². The third kappa shape index (κ3) is 3.84. The van der Waals surface area contributed by atoms with Crippen LogP contribution in [-0.4, -0.2) is 22.6 Å². The lowest BCUT2D eigenvalue weighted by molar-refractivity contribution is -0.122. The monoisotopic (exact) mass is 365 g/mol. The molecule has 1 unspecified atom stereocenters. The van der Waals surface area contributed by atoms with Gasteiger partial charge in [0.05, 0.1) is 24.1 Å². The highest BCUT2D eigenvalue weighted by Gasteiger charge is 2.16. The van der Waals surface area contributed by atoms with E-state index in [4.69, 9.17) is 4.74 Å². The Morgan fingerprint density at radius 2 is 1.96 bits per heavy atom. The lowest BCUT2D eigenvalue weighted by Gasteiger charge is -2.19. The molecule has 3 rings (SSSR count). The zero-order valence-electron chi connectivity index (χ0n) is 15.9. The number of methoxy groups -OCH3 is 1. The van der Waals surface area contributed by atoms with Gasteiger partial charge in [-0.05, 0) is 39.0 Å². The maximum absolute atomic E-state index is 12.7. The van der Waals surface area contributed by atoms with Crippen LogP contribution in [0.1, 0.15) is 29.9 Å². The van der Waals surface area contributed by atoms with Gasteiger partial charge in [0, 0.05) is 5.56 Å². The lowest BCUT2D eigenvalue weighted by atomic mass is 10.0. The molecule has 1 amide bonds. The topological polar surface area (TPSA) is 73.2 Å². The van der Waals surface area contributed by atoms with E-state index in [-0.39, 0.29) is 24.1 Å². The summed E-state index contributed by atoms with van der Waals surface area (Å²) < 4.78 is 6.79. The largest absolute Gasteiger partial charge is 0.496 e. The molecule has 0 fully saturated rings. The van der Waals surface area contributed by atoms with E-state index in [1.165, 1.54) is 4.57 Å². The first-order chi connectivity index (χ1) is 12.9. The number of para-hydroxylation sites is 1. The van der Waals surface area contributed by atoms with E-state index in [9.17, 15) is 9.59 Å². The smallest absolute Gasteiger partial charge is 0.261 e. The van der Waals surface area contributed by atoms with Crippen LogP contribution in [0.3, 0.4) is 0 Å². The van der Waals surface area contributed by atoms with Crippen LogP contribution in [0, 0.1) is 13.8 Å². The predicted molar refractivity (Wildman–Crippen MR) is 105 cm³/mol. The quantitative estimate of drug-likeness (QED) is 0.754. The Bertz CT molecular complexity index is 1060. The van der Waals surface area contributed by atoms with Gasteiger partial charge in [-0.15, -0.1) is 0 Å². The molecule has 0 radical (unpaired) electrons. The molecule has 0 spiro atoms. The summed E-state index contributed by atoms with van der Waals surface area (Å²) in [4.78, 5) is 29.7. The number of carbonyl (C=O) groups excluding carboxylic acids is 1. The molecule has 0 aliphatic carbocycles. The highest BCUT2D eigenvalue weighted by molar-refractivity contribution is 5.79. The van der Waals surface area contributed by atoms with Crippen molar-refractivity contribution in [1.82, 2.24) is 14.9 Å². The minimum Gasteiger partial charge on any atom is -0.496 e. The molecule has 6 nitrogen and oxygen atoms in total. The summed E-state index contributed by atoms with van der Waals surface area (Å²) in [6.45, 7) is 5.53. The molecule has 0 aliphatic rings. The summed E-state index contributed by atoms with van der Waals surface area (Å²) in [6, 6.07) is 12.7. The van der Waals surface area contributed by atoms with Gasteiger partial charge in [-0.3, -0.25) is 14.2 Å². The number of carbonyl (C=O) groups is 1. The Labute approximate surface area is 157 Å². The second kappa shape index (κ2) is 7.61. The molecule has 27 heavy (non-hydrogen) atoms. The second-order valence-corrected chi connectivity index (χ2v) is 6.60. The number of aryl methyl sites for hydroxylation is 2. The predicted octanol–water partition coefficient (Wildman–Crippen LogP) is 2.90. The maximum Gasteiger partial charge on any atom is 0.261 e. The van der Waals surface area contributed by atoms with Crippen molar-refractivity contribution < 1.29 is 9.53 Å². The molecular weight excluding hydrogens is 342 g/mol. The Balaban J connectivity index is 1.83. The standard InChI is InChI=1S/C21H23N3O3/c1-13-9-10-19(27-4)17(11-13)14(2)22-20(25)12-24-15(3)23-18-8-6-5-7-16(18)21(24)26/h5-11,14H,12H2,1-4H3,(H,22,25). The van der Waals surface area contributed by atoms with Gasteiger partial charge in [-0.25, -0.2) is 4.98 Å². The van der Waals surface area contributed by atoms with Crippen molar-refractivity contribution in [3.63, 3.8) is 0 Å². The Kier molecular flexibility index (Phi) is 5.26. The van der Waals surface area contributed by atoms with E-state index in [1.54, 1.807) is 32.2 Å². The molecule has 1 atom stereocenters. The van der Waals surface area contributed by atoms with Gasteiger partial charge in [0.1, 0.15) is 18.1 Å². The molecule has 0 aliphatic heterocycles. The summed E-state index contributed by atoms with van der Waals surface area (Å²) >= 11 is 0. The van der Waals surface area contributed by atoms with E-state index in [0.717, 1.165) is 11.1 Å². The van der Waals surface area contributed by atoms with Gasteiger partial charge in [-0.1, -0.05) is 29.8 Å². The number of hydrogen-bond donors (Lipinski definition) is 1.